The lowest BCUT2D eigenvalue weighted by Crippen LogP contribution is -2.28. The van der Waals surface area contributed by atoms with Gasteiger partial charge in [0, 0.05) is 24.7 Å². The number of unbranched alkanes of at least 4 members (excludes halogenated alkanes) is 1. The first kappa shape index (κ1) is 26.7. The summed E-state index contributed by atoms with van der Waals surface area (Å²) in [4.78, 5) is 23.9. The molecular weight excluding hydrogens is 430 g/mol. The van der Waals surface area contributed by atoms with E-state index in [0.29, 0.717) is 25.2 Å². The van der Waals surface area contributed by atoms with E-state index in [1.165, 1.54) is 12.8 Å². The Kier molecular flexibility index (Phi) is 10.6. The van der Waals surface area contributed by atoms with Gasteiger partial charge in [0.25, 0.3) is 0 Å². The van der Waals surface area contributed by atoms with Gasteiger partial charge in [-0.15, -0.1) is 0 Å². The Labute approximate surface area is 192 Å². The normalized spacial score (nSPS) is 29.9. The zero-order chi connectivity index (χ0) is 23.7. The predicted octanol–water partition coefficient (Wildman–Crippen LogP) is 2.88. The lowest BCUT2D eigenvalue weighted by Gasteiger charge is -2.18. The van der Waals surface area contributed by atoms with Crippen molar-refractivity contribution < 1.29 is 28.2 Å². The fraction of sp³-hybridized carbons (Fsp3) is 0.750. The topological polar surface area (TPSA) is 121 Å². The zero-order valence-electron chi connectivity index (χ0n) is 19.3. The van der Waals surface area contributed by atoms with E-state index < -0.39 is 34.1 Å². The number of allylic oxidation sites excluding steroid dienone is 3. The number of carbonyl (C=O) groups excluding carboxylic acids is 2. The van der Waals surface area contributed by atoms with E-state index in [0.717, 1.165) is 25.5 Å². The largest absolute Gasteiger partial charge is 0.392 e. The summed E-state index contributed by atoms with van der Waals surface area (Å²) in [6, 6.07) is 0. The third kappa shape index (κ3) is 8.79. The molecule has 2 aliphatic carbocycles. The predicted molar refractivity (Wildman–Crippen MR) is 124 cm³/mol. The van der Waals surface area contributed by atoms with Crippen LogP contribution in [0.2, 0.25) is 0 Å². The van der Waals surface area contributed by atoms with E-state index in [1.54, 1.807) is 12.2 Å². The van der Waals surface area contributed by atoms with E-state index in [-0.39, 0.29) is 30.5 Å². The number of ketones is 1. The number of nitrogens with one attached hydrogen (secondary N) is 1. The molecule has 3 N–H and O–H groups in total. The summed E-state index contributed by atoms with van der Waals surface area (Å²) in [5, 5.41) is 20.9. The minimum absolute atomic E-state index is 0.00655. The molecule has 0 spiro atoms. The van der Waals surface area contributed by atoms with Gasteiger partial charge in [-0.1, -0.05) is 50.5 Å². The molecule has 7 nitrogen and oxygen atoms in total. The number of rotatable bonds is 12. The van der Waals surface area contributed by atoms with Gasteiger partial charge in [-0.3, -0.25) is 14.3 Å². The van der Waals surface area contributed by atoms with Crippen LogP contribution in [0.15, 0.2) is 24.3 Å². The smallest absolute Gasteiger partial charge is 0.233 e. The Morgan fingerprint density at radius 1 is 1.28 bits per heavy atom. The molecule has 2 rings (SSSR count). The van der Waals surface area contributed by atoms with Crippen molar-refractivity contribution in [3.8, 4) is 0 Å². The highest BCUT2D eigenvalue weighted by Crippen LogP contribution is 2.37. The highest BCUT2D eigenvalue weighted by atomic mass is 32.2. The van der Waals surface area contributed by atoms with Crippen LogP contribution in [0, 0.1) is 23.7 Å². The number of aliphatic hydroxyl groups is 2. The van der Waals surface area contributed by atoms with Gasteiger partial charge in [0.15, 0.2) is 0 Å². The van der Waals surface area contributed by atoms with Crippen LogP contribution in [0.5, 0.6) is 0 Å². The summed E-state index contributed by atoms with van der Waals surface area (Å²) in [6.07, 6.45) is 14.6. The van der Waals surface area contributed by atoms with Gasteiger partial charge in [-0.05, 0) is 43.9 Å². The number of hydrogen-bond donors (Lipinski definition) is 3. The molecule has 2 unspecified atom stereocenters. The first-order chi connectivity index (χ1) is 15.1. The number of Topliss-reactive ketones (excluding diaryl/α,β-unsaturated/α-hetero) is 1. The minimum Gasteiger partial charge on any atom is -0.392 e. The lowest BCUT2D eigenvalue weighted by atomic mass is 9.89. The number of hydrogen-bond acceptors (Lipinski definition) is 6. The second kappa shape index (κ2) is 12.7. The number of aliphatic hydroxyl groups excluding tert-OH is 2. The van der Waals surface area contributed by atoms with Crippen molar-refractivity contribution in [2.24, 2.45) is 23.7 Å². The Hall–Kier alpha value is -1.51. The maximum atomic E-state index is 12.4. The van der Waals surface area contributed by atoms with Crippen molar-refractivity contribution in [1.29, 1.82) is 0 Å². The maximum absolute atomic E-state index is 12.4. The highest BCUT2D eigenvalue weighted by Gasteiger charge is 2.39. The molecule has 0 saturated heterocycles. The molecule has 0 aromatic heterocycles. The van der Waals surface area contributed by atoms with Gasteiger partial charge in [0.05, 0.1) is 18.5 Å². The SMILES string of the molecule is CCCC1CCC([C@H](O)/C=C/[C@H]2C(=O)C[C@H](O)[C@@H]2C/C=C\CCCC(=O)NS(C)(=O)=O)C1. The molecule has 2 aliphatic rings. The lowest BCUT2D eigenvalue weighted by molar-refractivity contribution is -0.120. The van der Waals surface area contributed by atoms with Crippen LogP contribution < -0.4 is 4.72 Å². The molecular formula is C24H39NO6S. The van der Waals surface area contributed by atoms with E-state index in [2.05, 4.69) is 6.92 Å². The molecule has 6 atom stereocenters. The van der Waals surface area contributed by atoms with Crippen LogP contribution in [-0.2, 0) is 19.6 Å². The van der Waals surface area contributed by atoms with Crippen LogP contribution in [0.4, 0.5) is 0 Å². The van der Waals surface area contributed by atoms with Gasteiger partial charge in [-0.2, -0.15) is 0 Å². The summed E-state index contributed by atoms with van der Waals surface area (Å²) in [7, 11) is -3.52. The summed E-state index contributed by atoms with van der Waals surface area (Å²) in [6.45, 7) is 2.19. The molecule has 0 heterocycles. The molecule has 0 aliphatic heterocycles. The third-order valence-corrected chi connectivity index (χ3v) is 7.26. The van der Waals surface area contributed by atoms with Crippen LogP contribution in [0.25, 0.3) is 0 Å². The third-order valence-electron chi connectivity index (χ3n) is 6.66. The summed E-state index contributed by atoms with van der Waals surface area (Å²) in [5.41, 5.74) is 0. The molecule has 0 aromatic rings. The first-order valence-electron chi connectivity index (χ1n) is 11.8. The van der Waals surface area contributed by atoms with Crippen molar-refractivity contribution in [1.82, 2.24) is 4.72 Å². The summed E-state index contributed by atoms with van der Waals surface area (Å²) < 4.78 is 23.9. The molecule has 2 saturated carbocycles. The average Bonchev–Trinajstić information content (AvgIpc) is 3.26. The van der Waals surface area contributed by atoms with Gasteiger partial charge >= 0.3 is 0 Å². The molecule has 2 fully saturated rings. The van der Waals surface area contributed by atoms with Crippen LogP contribution in [-0.4, -0.2) is 48.8 Å². The Bertz CT molecular complexity index is 790. The molecule has 0 bridgehead atoms. The molecule has 0 radical (unpaired) electrons. The zero-order valence-corrected chi connectivity index (χ0v) is 20.1. The molecule has 0 aromatic carbocycles. The van der Waals surface area contributed by atoms with Crippen LogP contribution >= 0.6 is 0 Å². The van der Waals surface area contributed by atoms with Crippen molar-refractivity contribution in [3.63, 3.8) is 0 Å². The molecule has 182 valence electrons. The van der Waals surface area contributed by atoms with Crippen molar-refractivity contribution in [2.45, 2.75) is 83.3 Å². The van der Waals surface area contributed by atoms with Gasteiger partial charge < -0.3 is 10.2 Å². The van der Waals surface area contributed by atoms with E-state index >= 15 is 0 Å². The fourth-order valence-electron chi connectivity index (χ4n) is 5.02. The standard InChI is InChI=1S/C24H39NO6S/c1-3-8-17-11-12-18(15-17)21(26)14-13-20-19(22(27)16-23(20)28)9-6-4-5-7-10-24(29)25-32(2,30)31/h4,6,13-14,17-22,26-27H,3,5,7-12,15-16H2,1-2H3,(H,25,29)/b6-4-,14-13+/t17?,18?,19-,20-,21-,22+/m1/s1. The fourth-order valence-corrected chi connectivity index (χ4v) is 5.54. The minimum atomic E-state index is -3.52. The van der Waals surface area contributed by atoms with E-state index in [4.69, 9.17) is 0 Å². The first-order valence-corrected chi connectivity index (χ1v) is 13.7. The van der Waals surface area contributed by atoms with Gasteiger partial charge in [0.1, 0.15) is 5.78 Å². The average molecular weight is 470 g/mol. The van der Waals surface area contributed by atoms with E-state index in [1.807, 2.05) is 16.9 Å². The Balaban J connectivity index is 1.80. The quantitative estimate of drug-likeness (QED) is 0.299. The number of sulfonamides is 1. The monoisotopic (exact) mass is 469 g/mol. The Morgan fingerprint density at radius 3 is 2.72 bits per heavy atom. The summed E-state index contributed by atoms with van der Waals surface area (Å²) >= 11 is 0. The second-order valence-electron chi connectivity index (χ2n) is 9.43. The molecule has 1 amide bonds. The number of amides is 1. The van der Waals surface area contributed by atoms with Gasteiger partial charge in [-0.25, -0.2) is 8.42 Å². The second-order valence-corrected chi connectivity index (χ2v) is 11.2. The van der Waals surface area contributed by atoms with Crippen molar-refractivity contribution >= 4 is 21.7 Å². The summed E-state index contributed by atoms with van der Waals surface area (Å²) in [5.74, 6) is -0.178. The van der Waals surface area contributed by atoms with Crippen molar-refractivity contribution in [2.75, 3.05) is 6.26 Å². The molecule has 32 heavy (non-hydrogen) atoms. The highest BCUT2D eigenvalue weighted by molar-refractivity contribution is 7.89. The maximum Gasteiger partial charge on any atom is 0.233 e. The van der Waals surface area contributed by atoms with Crippen molar-refractivity contribution in [3.05, 3.63) is 24.3 Å². The van der Waals surface area contributed by atoms with E-state index in [9.17, 15) is 28.2 Å². The van der Waals surface area contributed by atoms with Crippen LogP contribution in [0.1, 0.15) is 71.1 Å². The molecule has 8 heteroatoms. The van der Waals surface area contributed by atoms with Crippen LogP contribution in [0.3, 0.4) is 0 Å². The van der Waals surface area contributed by atoms with Gasteiger partial charge in [0.2, 0.25) is 15.9 Å². The number of carbonyl (C=O) groups is 2. The Morgan fingerprint density at radius 2 is 2.03 bits per heavy atom.